The number of fused-ring (bicyclic) bond motifs is 1. The van der Waals surface area contributed by atoms with Gasteiger partial charge >= 0.3 is 0 Å². The van der Waals surface area contributed by atoms with Gasteiger partial charge in [-0.05, 0) is 62.9 Å². The minimum atomic E-state index is -0.226. The largest absolute Gasteiger partial charge is 0.494 e. The first kappa shape index (κ1) is 21.6. The third-order valence-electron chi connectivity index (χ3n) is 6.31. The Labute approximate surface area is 185 Å². The summed E-state index contributed by atoms with van der Waals surface area (Å²) in [5.41, 5.74) is 1.99. The first-order valence-corrected chi connectivity index (χ1v) is 11.2. The van der Waals surface area contributed by atoms with E-state index in [2.05, 4.69) is 52.7 Å². The molecule has 3 heterocycles. The summed E-state index contributed by atoms with van der Waals surface area (Å²) >= 11 is 0. The van der Waals surface area contributed by atoms with Crippen LogP contribution in [0, 0.1) is 0 Å². The molecule has 1 aromatic carbocycles. The molecule has 0 radical (unpaired) electrons. The first-order valence-electron chi connectivity index (χ1n) is 11.2. The second kappa shape index (κ2) is 8.83. The number of hydrogen-bond donors (Lipinski definition) is 0. The lowest BCUT2D eigenvalue weighted by atomic mass is 9.80. The summed E-state index contributed by atoms with van der Waals surface area (Å²) in [6, 6.07) is 7.97. The van der Waals surface area contributed by atoms with Gasteiger partial charge in [-0.2, -0.15) is 0 Å². The monoisotopic (exact) mass is 423 g/mol. The van der Waals surface area contributed by atoms with E-state index in [9.17, 15) is 4.79 Å². The van der Waals surface area contributed by atoms with Crippen molar-refractivity contribution in [1.82, 2.24) is 14.9 Å². The van der Waals surface area contributed by atoms with Crippen molar-refractivity contribution in [3.8, 4) is 5.75 Å². The van der Waals surface area contributed by atoms with Gasteiger partial charge in [0.2, 0.25) is 11.9 Å². The molecule has 2 aromatic rings. The Kier molecular flexibility index (Phi) is 6.14. The molecule has 2 aliphatic rings. The van der Waals surface area contributed by atoms with Crippen LogP contribution in [-0.2, 0) is 4.79 Å². The average Bonchev–Trinajstić information content (AvgIpc) is 2.75. The van der Waals surface area contributed by atoms with Gasteiger partial charge in [0.15, 0.2) is 0 Å². The summed E-state index contributed by atoms with van der Waals surface area (Å²) in [4.78, 5) is 28.7. The van der Waals surface area contributed by atoms with E-state index < -0.39 is 0 Å². The normalized spacial score (nSPS) is 21.0. The molecule has 1 atom stereocenters. The van der Waals surface area contributed by atoms with Crippen molar-refractivity contribution < 1.29 is 9.53 Å². The van der Waals surface area contributed by atoms with Gasteiger partial charge in [-0.25, -0.2) is 9.97 Å². The van der Waals surface area contributed by atoms with Gasteiger partial charge in [0.25, 0.3) is 0 Å². The standard InChI is InChI=1S/C24H33N5O2/c1-5-31-19-7-8-21-20(15-19)18(2)16-24(3,4)29(21)22(30)17-27-11-13-28(14-12-27)23-25-9-6-10-26-23/h6-10,15,18H,5,11-14,16-17H2,1-4H3/t18-/m1/s1. The maximum Gasteiger partial charge on any atom is 0.241 e. The van der Waals surface area contributed by atoms with E-state index in [1.165, 1.54) is 5.56 Å². The summed E-state index contributed by atoms with van der Waals surface area (Å²) in [6.45, 7) is 12.9. The molecule has 0 saturated carbocycles. The van der Waals surface area contributed by atoms with Gasteiger partial charge in [-0.15, -0.1) is 0 Å². The summed E-state index contributed by atoms with van der Waals surface area (Å²) < 4.78 is 5.71. The second-order valence-corrected chi connectivity index (χ2v) is 9.11. The van der Waals surface area contributed by atoms with Crippen LogP contribution in [0.3, 0.4) is 0 Å². The molecule has 7 nitrogen and oxygen atoms in total. The Balaban J connectivity index is 1.47. The van der Waals surface area contributed by atoms with Crippen LogP contribution in [0.2, 0.25) is 0 Å². The maximum atomic E-state index is 13.5. The van der Waals surface area contributed by atoms with Gasteiger partial charge in [-0.3, -0.25) is 9.69 Å². The highest BCUT2D eigenvalue weighted by molar-refractivity contribution is 5.97. The zero-order valence-electron chi connectivity index (χ0n) is 19.0. The van der Waals surface area contributed by atoms with Crippen LogP contribution in [0.15, 0.2) is 36.7 Å². The minimum Gasteiger partial charge on any atom is -0.494 e. The van der Waals surface area contributed by atoms with Gasteiger partial charge in [0, 0.05) is 49.8 Å². The number of aromatic nitrogens is 2. The number of nitrogens with zero attached hydrogens (tertiary/aromatic N) is 5. The second-order valence-electron chi connectivity index (χ2n) is 9.11. The van der Waals surface area contributed by atoms with Gasteiger partial charge < -0.3 is 14.5 Å². The van der Waals surface area contributed by atoms with E-state index in [4.69, 9.17) is 4.74 Å². The predicted molar refractivity (Wildman–Crippen MR) is 123 cm³/mol. The summed E-state index contributed by atoms with van der Waals surface area (Å²) in [7, 11) is 0. The lowest BCUT2D eigenvalue weighted by molar-refractivity contribution is -0.121. The number of amides is 1. The van der Waals surface area contributed by atoms with Crippen LogP contribution < -0.4 is 14.5 Å². The molecule has 0 spiro atoms. The zero-order chi connectivity index (χ0) is 22.0. The molecule has 0 unspecified atom stereocenters. The molecular formula is C24H33N5O2. The Hall–Kier alpha value is -2.67. The fraction of sp³-hybridized carbons (Fsp3) is 0.542. The number of hydrogen-bond acceptors (Lipinski definition) is 6. The van der Waals surface area contributed by atoms with Crippen molar-refractivity contribution >= 4 is 17.5 Å². The molecule has 7 heteroatoms. The molecule has 4 rings (SSSR count). The van der Waals surface area contributed by atoms with Crippen molar-refractivity contribution in [3.63, 3.8) is 0 Å². The fourth-order valence-electron chi connectivity index (χ4n) is 4.96. The van der Waals surface area contributed by atoms with E-state index in [0.29, 0.717) is 19.1 Å². The number of carbonyl (C=O) groups is 1. The van der Waals surface area contributed by atoms with Gasteiger partial charge in [0.1, 0.15) is 5.75 Å². The number of piperazine rings is 1. The van der Waals surface area contributed by atoms with Crippen LogP contribution in [0.25, 0.3) is 0 Å². The topological polar surface area (TPSA) is 61.8 Å². The molecule has 1 fully saturated rings. The molecule has 166 valence electrons. The van der Waals surface area contributed by atoms with E-state index in [1.54, 1.807) is 12.4 Å². The molecule has 31 heavy (non-hydrogen) atoms. The predicted octanol–water partition coefficient (Wildman–Crippen LogP) is 3.32. The Bertz CT molecular complexity index is 909. The lowest BCUT2D eigenvalue weighted by Gasteiger charge is -2.47. The highest BCUT2D eigenvalue weighted by Crippen LogP contribution is 2.44. The van der Waals surface area contributed by atoms with Crippen molar-refractivity contribution in [2.24, 2.45) is 0 Å². The number of benzene rings is 1. The van der Waals surface area contributed by atoms with E-state index in [-0.39, 0.29) is 11.4 Å². The summed E-state index contributed by atoms with van der Waals surface area (Å²) in [5.74, 6) is 2.17. The van der Waals surface area contributed by atoms with Crippen molar-refractivity contribution in [1.29, 1.82) is 0 Å². The van der Waals surface area contributed by atoms with Crippen LogP contribution in [0.4, 0.5) is 11.6 Å². The van der Waals surface area contributed by atoms with Crippen LogP contribution in [0.5, 0.6) is 5.75 Å². The average molecular weight is 424 g/mol. The van der Waals surface area contributed by atoms with E-state index in [0.717, 1.165) is 50.0 Å². The molecular weight excluding hydrogens is 390 g/mol. The number of carbonyl (C=O) groups excluding carboxylic acids is 1. The first-order chi connectivity index (χ1) is 14.9. The number of anilines is 2. The van der Waals surface area contributed by atoms with Crippen LogP contribution in [0.1, 0.15) is 45.6 Å². The van der Waals surface area contributed by atoms with Crippen LogP contribution in [-0.4, -0.2) is 65.6 Å². The smallest absolute Gasteiger partial charge is 0.241 e. The van der Waals surface area contributed by atoms with Gasteiger partial charge in [-0.1, -0.05) is 6.92 Å². The molecule has 1 saturated heterocycles. The molecule has 0 bridgehead atoms. The Morgan fingerprint density at radius 2 is 1.87 bits per heavy atom. The van der Waals surface area contributed by atoms with Crippen molar-refractivity contribution in [2.75, 3.05) is 49.1 Å². The van der Waals surface area contributed by atoms with Crippen molar-refractivity contribution in [2.45, 2.75) is 45.6 Å². The Morgan fingerprint density at radius 1 is 1.16 bits per heavy atom. The highest BCUT2D eigenvalue weighted by Gasteiger charge is 2.40. The highest BCUT2D eigenvalue weighted by atomic mass is 16.5. The maximum absolute atomic E-state index is 13.5. The third kappa shape index (κ3) is 4.51. The quantitative estimate of drug-likeness (QED) is 0.735. The van der Waals surface area contributed by atoms with E-state index in [1.807, 2.05) is 24.0 Å². The zero-order valence-corrected chi connectivity index (χ0v) is 19.0. The van der Waals surface area contributed by atoms with Crippen molar-refractivity contribution in [3.05, 3.63) is 42.2 Å². The minimum absolute atomic E-state index is 0.159. The fourth-order valence-corrected chi connectivity index (χ4v) is 4.96. The molecule has 1 aromatic heterocycles. The molecule has 0 aliphatic carbocycles. The molecule has 0 N–H and O–H groups in total. The molecule has 1 amide bonds. The van der Waals surface area contributed by atoms with Gasteiger partial charge in [0.05, 0.1) is 13.2 Å². The number of ether oxygens (including phenoxy) is 1. The Morgan fingerprint density at radius 3 is 2.55 bits per heavy atom. The summed E-state index contributed by atoms with van der Waals surface area (Å²) in [5, 5.41) is 0. The SMILES string of the molecule is CCOc1ccc2c(c1)[C@H](C)CC(C)(C)N2C(=O)CN1CCN(c2ncccn2)CC1. The van der Waals surface area contributed by atoms with Crippen LogP contribution >= 0.6 is 0 Å². The third-order valence-corrected chi connectivity index (χ3v) is 6.31. The summed E-state index contributed by atoms with van der Waals surface area (Å²) in [6.07, 6.45) is 4.47. The molecule has 2 aliphatic heterocycles. The lowest BCUT2D eigenvalue weighted by Crippen LogP contribution is -2.56. The number of rotatable bonds is 5. The van der Waals surface area contributed by atoms with E-state index >= 15 is 0 Å².